The van der Waals surface area contributed by atoms with Crippen molar-refractivity contribution in [2.45, 2.75) is 110 Å². The maximum absolute atomic E-state index is 2.74. The fourth-order valence-electron chi connectivity index (χ4n) is 8.61. The molecule has 4 aliphatic rings. The summed E-state index contributed by atoms with van der Waals surface area (Å²) < 4.78 is 0. The number of rotatable bonds is 5. The van der Waals surface area contributed by atoms with Gasteiger partial charge in [0.15, 0.2) is 0 Å². The van der Waals surface area contributed by atoms with E-state index in [-0.39, 0.29) is 0 Å². The Morgan fingerprint density at radius 3 is 2.41 bits per heavy atom. The second-order valence-electron chi connectivity index (χ2n) is 12.0. The molecule has 27 heavy (non-hydrogen) atoms. The molecule has 3 aliphatic carbocycles. The molecule has 0 nitrogen and oxygen atoms in total. The van der Waals surface area contributed by atoms with Gasteiger partial charge in [0, 0.05) is 5.25 Å². The van der Waals surface area contributed by atoms with Crippen molar-refractivity contribution in [2.24, 2.45) is 46.3 Å². The maximum Gasteiger partial charge on any atom is 0.0104 e. The van der Waals surface area contributed by atoms with Crippen LogP contribution in [0.4, 0.5) is 0 Å². The zero-order valence-electron chi connectivity index (χ0n) is 18.9. The lowest BCUT2D eigenvalue weighted by molar-refractivity contribution is -0.0534. The number of hydrogen-bond acceptors (Lipinski definition) is 1. The van der Waals surface area contributed by atoms with Crippen molar-refractivity contribution in [1.29, 1.82) is 0 Å². The quantitative estimate of drug-likeness (QED) is 0.456. The molecule has 0 aromatic heterocycles. The number of hydrogen-bond donors (Lipinski definition) is 0. The molecule has 0 unspecified atom stereocenters. The molecular formula is C26H46S. The molecule has 4 rings (SSSR count). The lowest BCUT2D eigenvalue weighted by Crippen LogP contribution is -2.54. The summed E-state index contributed by atoms with van der Waals surface area (Å²) in [5.41, 5.74) is 1.34. The van der Waals surface area contributed by atoms with E-state index in [2.05, 4.69) is 46.4 Å². The summed E-state index contributed by atoms with van der Waals surface area (Å²) in [6.07, 6.45) is 16.6. The van der Waals surface area contributed by atoms with E-state index in [0.29, 0.717) is 10.8 Å². The van der Waals surface area contributed by atoms with Crippen molar-refractivity contribution in [3.63, 3.8) is 0 Å². The van der Waals surface area contributed by atoms with Gasteiger partial charge < -0.3 is 0 Å². The van der Waals surface area contributed by atoms with Gasteiger partial charge in [-0.3, -0.25) is 0 Å². The Balaban J connectivity index is 1.46. The van der Waals surface area contributed by atoms with Crippen molar-refractivity contribution >= 4 is 11.8 Å². The van der Waals surface area contributed by atoms with E-state index in [4.69, 9.17) is 0 Å². The highest BCUT2D eigenvalue weighted by molar-refractivity contribution is 8.00. The van der Waals surface area contributed by atoms with Gasteiger partial charge in [-0.15, -0.1) is 0 Å². The van der Waals surface area contributed by atoms with Crippen molar-refractivity contribution in [3.05, 3.63) is 0 Å². The van der Waals surface area contributed by atoms with Gasteiger partial charge in [0.2, 0.25) is 0 Å². The molecule has 1 heterocycles. The molecule has 0 amide bonds. The van der Waals surface area contributed by atoms with E-state index >= 15 is 0 Å². The van der Waals surface area contributed by atoms with Gasteiger partial charge in [0.1, 0.15) is 0 Å². The van der Waals surface area contributed by atoms with Crippen LogP contribution in [0.1, 0.15) is 105 Å². The third kappa shape index (κ3) is 3.55. The van der Waals surface area contributed by atoms with Crippen LogP contribution in [0.2, 0.25) is 0 Å². The fraction of sp³-hybridized carbons (Fsp3) is 1.00. The summed E-state index contributed by atoms with van der Waals surface area (Å²) in [7, 11) is 0. The molecule has 1 heteroatoms. The van der Waals surface area contributed by atoms with Gasteiger partial charge in [-0.05, 0) is 90.6 Å². The van der Waals surface area contributed by atoms with Gasteiger partial charge in [0.05, 0.1) is 0 Å². The zero-order chi connectivity index (χ0) is 19.2. The van der Waals surface area contributed by atoms with Crippen molar-refractivity contribution in [2.75, 3.05) is 5.75 Å². The van der Waals surface area contributed by atoms with Crippen LogP contribution in [0.25, 0.3) is 0 Å². The highest BCUT2D eigenvalue weighted by Gasteiger charge is 2.60. The first-order chi connectivity index (χ1) is 12.9. The summed E-state index contributed by atoms with van der Waals surface area (Å²) in [6.45, 7) is 12.8. The molecule has 0 spiro atoms. The van der Waals surface area contributed by atoms with E-state index in [1.54, 1.807) is 19.3 Å². The lowest BCUT2D eigenvalue weighted by atomic mass is 9.50. The Morgan fingerprint density at radius 2 is 1.63 bits per heavy atom. The molecular weight excluding hydrogens is 344 g/mol. The highest BCUT2D eigenvalue weighted by atomic mass is 32.2. The Bertz CT molecular complexity index is 512. The van der Waals surface area contributed by atoms with Crippen LogP contribution in [0, 0.1) is 46.3 Å². The third-order valence-corrected chi connectivity index (χ3v) is 11.9. The van der Waals surface area contributed by atoms with Crippen molar-refractivity contribution in [1.82, 2.24) is 0 Å². The Hall–Kier alpha value is 0.350. The van der Waals surface area contributed by atoms with Crippen molar-refractivity contribution < 1.29 is 0 Å². The number of thioether (sulfide) groups is 1. The largest absolute Gasteiger partial charge is 0.158 e. The molecule has 0 aromatic carbocycles. The van der Waals surface area contributed by atoms with Crippen LogP contribution >= 0.6 is 11.8 Å². The molecule has 0 radical (unpaired) electrons. The molecule has 8 atom stereocenters. The van der Waals surface area contributed by atoms with Gasteiger partial charge in [-0.1, -0.05) is 66.7 Å². The molecule has 1 saturated heterocycles. The minimum Gasteiger partial charge on any atom is -0.158 e. The molecule has 0 aromatic rings. The van der Waals surface area contributed by atoms with Crippen LogP contribution in [0.5, 0.6) is 0 Å². The minimum absolute atomic E-state index is 0.664. The van der Waals surface area contributed by atoms with Gasteiger partial charge in [0.25, 0.3) is 0 Å². The van der Waals surface area contributed by atoms with E-state index in [0.717, 1.165) is 40.8 Å². The van der Waals surface area contributed by atoms with E-state index < -0.39 is 0 Å². The van der Waals surface area contributed by atoms with E-state index in [1.165, 1.54) is 57.1 Å². The predicted octanol–water partition coefficient (Wildman–Crippen LogP) is 8.20. The first kappa shape index (κ1) is 20.6. The summed E-state index contributed by atoms with van der Waals surface area (Å²) in [5, 5.41) is 0.990. The summed E-state index contributed by atoms with van der Waals surface area (Å²) in [5.74, 6) is 7.48. The monoisotopic (exact) mass is 390 g/mol. The SMILES string of the molecule is CC(C)CCC[C@@H](C)[C@H]1CC[C@H]2[C@@H]3CS[C@@H]4CCCC[C@]4(C)[C@H]3CC[C@]12C. The van der Waals surface area contributed by atoms with Crippen molar-refractivity contribution in [3.8, 4) is 0 Å². The molecule has 0 N–H and O–H groups in total. The van der Waals surface area contributed by atoms with E-state index in [1.807, 2.05) is 0 Å². The number of fused-ring (bicyclic) bond motifs is 5. The minimum atomic E-state index is 0.664. The highest BCUT2D eigenvalue weighted by Crippen LogP contribution is 2.67. The summed E-state index contributed by atoms with van der Waals surface area (Å²) in [4.78, 5) is 0. The Kier molecular flexibility index (Phi) is 6.02. The summed E-state index contributed by atoms with van der Waals surface area (Å²) in [6, 6.07) is 0. The first-order valence-electron chi connectivity index (χ1n) is 12.5. The molecule has 3 saturated carbocycles. The van der Waals surface area contributed by atoms with Crippen LogP contribution < -0.4 is 0 Å². The lowest BCUT2D eigenvalue weighted by Gasteiger charge is -2.60. The molecule has 0 bridgehead atoms. The van der Waals surface area contributed by atoms with Gasteiger partial charge >= 0.3 is 0 Å². The standard InChI is InChI=1S/C26H46S/c1-18(2)9-8-10-19(3)21-12-13-22-20-17-27-24-11-6-7-15-26(24,5)23(20)14-16-25(21,22)4/h18-24H,6-17H2,1-5H3/t19-,20+,21-,22+,23+,24-,25-,26-/m1/s1. The Labute approximate surface area is 174 Å². The van der Waals surface area contributed by atoms with Crippen LogP contribution in [-0.2, 0) is 0 Å². The topological polar surface area (TPSA) is 0 Å². The van der Waals surface area contributed by atoms with E-state index in [9.17, 15) is 0 Å². The van der Waals surface area contributed by atoms with Crippen LogP contribution in [-0.4, -0.2) is 11.0 Å². The van der Waals surface area contributed by atoms with Gasteiger partial charge in [-0.25, -0.2) is 0 Å². The summed E-state index contributed by atoms with van der Waals surface area (Å²) >= 11 is 2.41. The predicted molar refractivity (Wildman–Crippen MR) is 121 cm³/mol. The van der Waals surface area contributed by atoms with Gasteiger partial charge in [-0.2, -0.15) is 11.8 Å². The first-order valence-corrected chi connectivity index (χ1v) is 13.5. The second kappa shape index (κ2) is 7.88. The normalized spacial score (nSPS) is 48.0. The second-order valence-corrected chi connectivity index (χ2v) is 13.2. The average Bonchev–Trinajstić information content (AvgIpc) is 2.98. The van der Waals surface area contributed by atoms with Crippen LogP contribution in [0.15, 0.2) is 0 Å². The maximum atomic E-state index is 2.74. The average molecular weight is 391 g/mol. The molecule has 4 fully saturated rings. The smallest absolute Gasteiger partial charge is 0.0104 e. The molecule has 156 valence electrons. The fourth-order valence-corrected chi connectivity index (χ4v) is 10.5. The Morgan fingerprint density at radius 1 is 0.852 bits per heavy atom. The third-order valence-electron chi connectivity index (χ3n) is 10.1. The zero-order valence-corrected chi connectivity index (χ0v) is 19.8. The van der Waals surface area contributed by atoms with Crippen LogP contribution in [0.3, 0.4) is 0 Å². The molecule has 1 aliphatic heterocycles.